The number of aliphatic hydroxyl groups is 1. The molecule has 0 saturated heterocycles. The van der Waals surface area contributed by atoms with Crippen LogP contribution < -0.4 is 10.6 Å². The predicted molar refractivity (Wildman–Crippen MR) is 90.2 cm³/mol. The van der Waals surface area contributed by atoms with Gasteiger partial charge in [0.1, 0.15) is 5.82 Å². The molecule has 0 aliphatic heterocycles. The van der Waals surface area contributed by atoms with E-state index in [1.807, 2.05) is 13.1 Å². The number of nitrogens with one attached hydrogen (secondary N) is 2. The molecule has 6 nitrogen and oxygen atoms in total. The second-order valence-corrected chi connectivity index (χ2v) is 6.93. The molecule has 1 fully saturated rings. The molecule has 2 amide bonds. The molecule has 1 heterocycles. The average molecular weight is 322 g/mol. The van der Waals surface area contributed by atoms with Gasteiger partial charge in [0.25, 0.3) is 0 Å². The van der Waals surface area contributed by atoms with E-state index in [1.54, 1.807) is 6.20 Å². The van der Waals surface area contributed by atoms with Crippen LogP contribution in [0.2, 0.25) is 0 Å². The Morgan fingerprint density at radius 3 is 2.65 bits per heavy atom. The molecule has 0 radical (unpaired) electrons. The van der Waals surface area contributed by atoms with Crippen molar-refractivity contribution in [3.8, 4) is 0 Å². The van der Waals surface area contributed by atoms with Crippen molar-refractivity contribution in [3.05, 3.63) is 18.2 Å². The monoisotopic (exact) mass is 322 g/mol. The lowest BCUT2D eigenvalue weighted by Gasteiger charge is -2.27. The van der Waals surface area contributed by atoms with Gasteiger partial charge in [-0.1, -0.05) is 32.6 Å². The molecule has 0 spiro atoms. The van der Waals surface area contributed by atoms with Gasteiger partial charge in [0.2, 0.25) is 0 Å². The summed E-state index contributed by atoms with van der Waals surface area (Å²) in [5.74, 6) is 1.30. The van der Waals surface area contributed by atoms with E-state index in [9.17, 15) is 9.90 Å². The van der Waals surface area contributed by atoms with E-state index in [4.69, 9.17) is 0 Å². The van der Waals surface area contributed by atoms with Crippen LogP contribution in [-0.4, -0.2) is 39.4 Å². The van der Waals surface area contributed by atoms with Gasteiger partial charge in [-0.3, -0.25) is 0 Å². The average Bonchev–Trinajstić information content (AvgIpc) is 2.79. The van der Waals surface area contributed by atoms with Gasteiger partial charge in [-0.05, 0) is 25.7 Å². The van der Waals surface area contributed by atoms with Crippen LogP contribution in [0.25, 0.3) is 0 Å². The van der Waals surface area contributed by atoms with Crippen molar-refractivity contribution in [2.75, 3.05) is 13.1 Å². The number of amides is 2. The highest BCUT2D eigenvalue weighted by atomic mass is 16.3. The second kappa shape index (κ2) is 8.34. The Bertz CT molecular complexity index is 493. The van der Waals surface area contributed by atoms with E-state index in [1.165, 1.54) is 12.8 Å². The molecular weight excluding hydrogens is 292 g/mol. The summed E-state index contributed by atoms with van der Waals surface area (Å²) in [6, 6.07) is -0.197. The summed E-state index contributed by atoms with van der Waals surface area (Å²) < 4.78 is 2.08. The highest BCUT2D eigenvalue weighted by Gasteiger charge is 2.28. The van der Waals surface area contributed by atoms with Gasteiger partial charge < -0.3 is 20.3 Å². The number of rotatable bonds is 6. The Labute approximate surface area is 138 Å². The first kappa shape index (κ1) is 17.8. The van der Waals surface area contributed by atoms with Gasteiger partial charge in [0, 0.05) is 32.0 Å². The molecule has 1 aromatic rings. The van der Waals surface area contributed by atoms with Crippen LogP contribution in [0.1, 0.15) is 51.3 Å². The van der Waals surface area contributed by atoms with Crippen LogP contribution >= 0.6 is 0 Å². The van der Waals surface area contributed by atoms with Crippen molar-refractivity contribution in [1.82, 2.24) is 20.2 Å². The third kappa shape index (κ3) is 5.86. The standard InChI is InChI=1S/C17H30N4O2/c1-14(12-21-10-9-18-15(21)2)11-19-16(22)20-13-17(23)7-5-3-4-6-8-17/h9-10,14,23H,3-8,11-13H2,1-2H3,(H2,19,20,22). The minimum Gasteiger partial charge on any atom is -0.388 e. The predicted octanol–water partition coefficient (Wildman–Crippen LogP) is 2.21. The van der Waals surface area contributed by atoms with E-state index in [0.29, 0.717) is 19.0 Å². The number of carbonyl (C=O) groups excluding carboxylic acids is 1. The lowest BCUT2D eigenvalue weighted by Crippen LogP contribution is -2.47. The SMILES string of the molecule is Cc1nccn1CC(C)CNC(=O)NCC1(O)CCCCCC1. The first-order chi connectivity index (χ1) is 11.0. The molecule has 1 aromatic heterocycles. The largest absolute Gasteiger partial charge is 0.388 e. The molecule has 0 bridgehead atoms. The van der Waals surface area contributed by atoms with Crippen LogP contribution in [-0.2, 0) is 6.54 Å². The number of aromatic nitrogens is 2. The van der Waals surface area contributed by atoms with E-state index in [-0.39, 0.29) is 6.03 Å². The van der Waals surface area contributed by atoms with Crippen molar-refractivity contribution >= 4 is 6.03 Å². The van der Waals surface area contributed by atoms with Gasteiger partial charge >= 0.3 is 6.03 Å². The molecule has 1 unspecified atom stereocenters. The molecule has 1 saturated carbocycles. The van der Waals surface area contributed by atoms with E-state index >= 15 is 0 Å². The summed E-state index contributed by atoms with van der Waals surface area (Å²) in [5, 5.41) is 16.2. The summed E-state index contributed by atoms with van der Waals surface area (Å²) >= 11 is 0. The van der Waals surface area contributed by atoms with Gasteiger partial charge in [-0.25, -0.2) is 9.78 Å². The second-order valence-electron chi connectivity index (χ2n) is 6.93. The molecular formula is C17H30N4O2. The van der Waals surface area contributed by atoms with Gasteiger partial charge in [-0.15, -0.1) is 0 Å². The van der Waals surface area contributed by atoms with Gasteiger partial charge in [0.05, 0.1) is 5.60 Å². The number of aryl methyl sites for hydroxylation is 1. The first-order valence-corrected chi connectivity index (χ1v) is 8.70. The fourth-order valence-corrected chi connectivity index (χ4v) is 3.13. The number of nitrogens with zero attached hydrogens (tertiary/aromatic N) is 2. The number of carbonyl (C=O) groups is 1. The van der Waals surface area contributed by atoms with Crippen LogP contribution in [0.5, 0.6) is 0 Å². The lowest BCUT2D eigenvalue weighted by molar-refractivity contribution is 0.0276. The topological polar surface area (TPSA) is 79.2 Å². The molecule has 1 aliphatic carbocycles. The van der Waals surface area contributed by atoms with Gasteiger partial charge in [-0.2, -0.15) is 0 Å². The highest BCUT2D eigenvalue weighted by molar-refractivity contribution is 5.73. The van der Waals surface area contributed by atoms with Crippen LogP contribution in [0.3, 0.4) is 0 Å². The smallest absolute Gasteiger partial charge is 0.314 e. The Balaban J connectivity index is 1.67. The fourth-order valence-electron chi connectivity index (χ4n) is 3.13. The molecule has 1 atom stereocenters. The summed E-state index contributed by atoms with van der Waals surface area (Å²) in [6.07, 6.45) is 9.75. The molecule has 3 N–H and O–H groups in total. The third-order valence-corrected chi connectivity index (χ3v) is 4.66. The maximum atomic E-state index is 11.9. The lowest BCUT2D eigenvalue weighted by atomic mass is 9.95. The molecule has 23 heavy (non-hydrogen) atoms. The van der Waals surface area contributed by atoms with Crippen molar-refractivity contribution < 1.29 is 9.90 Å². The number of hydrogen-bond acceptors (Lipinski definition) is 3. The molecule has 130 valence electrons. The van der Waals surface area contributed by atoms with Crippen molar-refractivity contribution in [1.29, 1.82) is 0 Å². The summed E-state index contributed by atoms with van der Waals surface area (Å²) in [4.78, 5) is 16.1. The zero-order chi connectivity index (χ0) is 16.7. The van der Waals surface area contributed by atoms with Crippen LogP contribution in [0.15, 0.2) is 12.4 Å². The third-order valence-electron chi connectivity index (χ3n) is 4.66. The number of urea groups is 1. The van der Waals surface area contributed by atoms with E-state index in [2.05, 4.69) is 27.1 Å². The Hall–Kier alpha value is -1.56. The molecule has 2 rings (SSSR count). The summed E-state index contributed by atoms with van der Waals surface area (Å²) in [7, 11) is 0. The Kier molecular flexibility index (Phi) is 6.45. The van der Waals surface area contributed by atoms with Crippen LogP contribution in [0.4, 0.5) is 4.79 Å². The van der Waals surface area contributed by atoms with Crippen LogP contribution in [0, 0.1) is 12.8 Å². The quantitative estimate of drug-likeness (QED) is 0.703. The number of imidazole rings is 1. The molecule has 6 heteroatoms. The normalized spacial score (nSPS) is 18.9. The Morgan fingerprint density at radius 1 is 1.35 bits per heavy atom. The fraction of sp³-hybridized carbons (Fsp3) is 0.765. The van der Waals surface area contributed by atoms with Crippen molar-refractivity contribution in [3.63, 3.8) is 0 Å². The summed E-state index contributed by atoms with van der Waals surface area (Å²) in [6.45, 7) is 5.84. The summed E-state index contributed by atoms with van der Waals surface area (Å²) in [5.41, 5.74) is -0.729. The van der Waals surface area contributed by atoms with Gasteiger partial charge in [0.15, 0.2) is 0 Å². The van der Waals surface area contributed by atoms with Crippen molar-refractivity contribution in [2.45, 2.75) is 64.5 Å². The molecule has 1 aliphatic rings. The van der Waals surface area contributed by atoms with E-state index < -0.39 is 5.60 Å². The minimum atomic E-state index is -0.729. The Morgan fingerprint density at radius 2 is 2.04 bits per heavy atom. The first-order valence-electron chi connectivity index (χ1n) is 8.70. The minimum absolute atomic E-state index is 0.197. The zero-order valence-corrected chi connectivity index (χ0v) is 14.3. The maximum absolute atomic E-state index is 11.9. The van der Waals surface area contributed by atoms with E-state index in [0.717, 1.165) is 38.1 Å². The maximum Gasteiger partial charge on any atom is 0.314 e. The number of hydrogen-bond donors (Lipinski definition) is 3. The zero-order valence-electron chi connectivity index (χ0n) is 14.3. The highest BCUT2D eigenvalue weighted by Crippen LogP contribution is 2.26. The molecule has 0 aromatic carbocycles. The van der Waals surface area contributed by atoms with Crippen molar-refractivity contribution in [2.24, 2.45) is 5.92 Å².